The number of hydrogen-bond donors (Lipinski definition) is 3. The maximum Gasteiger partial charge on any atom is 0.318 e. The molecule has 5 heteroatoms. The minimum Gasteiger partial charge on any atom is -0.351 e. The van der Waals surface area contributed by atoms with Gasteiger partial charge in [-0.3, -0.25) is 15.4 Å². The lowest BCUT2D eigenvalue weighted by Crippen LogP contribution is -2.47. The fourth-order valence-corrected chi connectivity index (χ4v) is 2.40. The van der Waals surface area contributed by atoms with Crippen molar-refractivity contribution in [3.05, 3.63) is 48.0 Å². The molecule has 0 aliphatic heterocycles. The number of hydrogen-bond acceptors (Lipinski definition) is 3. The van der Waals surface area contributed by atoms with Gasteiger partial charge in [0.1, 0.15) is 0 Å². The molecular formula is C16H19N3O2. The molecule has 3 amide bonds. The van der Waals surface area contributed by atoms with Gasteiger partial charge in [-0.25, -0.2) is 4.79 Å². The van der Waals surface area contributed by atoms with Gasteiger partial charge in [0.25, 0.3) is 0 Å². The van der Waals surface area contributed by atoms with E-state index in [4.69, 9.17) is 5.73 Å². The van der Waals surface area contributed by atoms with Gasteiger partial charge in [0, 0.05) is 6.04 Å². The Balaban J connectivity index is 2.17. The minimum atomic E-state index is -0.841. The summed E-state index contributed by atoms with van der Waals surface area (Å²) >= 11 is 0. The zero-order chi connectivity index (χ0) is 15.4. The van der Waals surface area contributed by atoms with Crippen LogP contribution >= 0.6 is 0 Å². The van der Waals surface area contributed by atoms with Crippen molar-refractivity contribution in [2.45, 2.75) is 25.9 Å². The van der Waals surface area contributed by atoms with Crippen LogP contribution in [-0.2, 0) is 4.79 Å². The fourth-order valence-electron chi connectivity index (χ4n) is 2.40. The highest BCUT2D eigenvalue weighted by atomic mass is 16.2. The molecule has 21 heavy (non-hydrogen) atoms. The van der Waals surface area contributed by atoms with E-state index in [9.17, 15) is 9.59 Å². The van der Waals surface area contributed by atoms with Crippen LogP contribution in [0.4, 0.5) is 4.79 Å². The quantitative estimate of drug-likeness (QED) is 0.804. The van der Waals surface area contributed by atoms with Gasteiger partial charge in [0.2, 0.25) is 5.91 Å². The van der Waals surface area contributed by atoms with Crippen molar-refractivity contribution < 1.29 is 9.59 Å². The van der Waals surface area contributed by atoms with Gasteiger partial charge in [0.05, 0.1) is 6.04 Å². The summed E-state index contributed by atoms with van der Waals surface area (Å²) in [5.74, 6) is -0.436. The number of urea groups is 1. The van der Waals surface area contributed by atoms with Crippen molar-refractivity contribution in [1.29, 1.82) is 0 Å². The molecular weight excluding hydrogens is 266 g/mol. The van der Waals surface area contributed by atoms with E-state index in [0.29, 0.717) is 0 Å². The van der Waals surface area contributed by atoms with E-state index in [1.54, 1.807) is 6.92 Å². The Kier molecular flexibility index (Phi) is 4.55. The van der Waals surface area contributed by atoms with E-state index in [1.807, 2.05) is 31.2 Å². The summed E-state index contributed by atoms with van der Waals surface area (Å²) in [6.45, 7) is 3.68. The second kappa shape index (κ2) is 6.37. The SMILES string of the molecule is C[C@@H](N[C@H](C)c1cccc2ccccc12)C(=O)NC(N)=O. The third-order valence-corrected chi connectivity index (χ3v) is 3.43. The average Bonchev–Trinajstić information content (AvgIpc) is 2.45. The van der Waals surface area contributed by atoms with Crippen LogP contribution in [0.15, 0.2) is 42.5 Å². The third-order valence-electron chi connectivity index (χ3n) is 3.43. The van der Waals surface area contributed by atoms with Crippen molar-refractivity contribution in [3.63, 3.8) is 0 Å². The van der Waals surface area contributed by atoms with Crippen molar-refractivity contribution in [2.24, 2.45) is 5.73 Å². The first kappa shape index (κ1) is 15.0. The van der Waals surface area contributed by atoms with Gasteiger partial charge < -0.3 is 5.73 Å². The number of amides is 3. The second-order valence-corrected chi connectivity index (χ2v) is 5.03. The minimum absolute atomic E-state index is 0.0373. The predicted molar refractivity (Wildman–Crippen MR) is 82.7 cm³/mol. The van der Waals surface area contributed by atoms with Gasteiger partial charge in [-0.15, -0.1) is 0 Å². The monoisotopic (exact) mass is 285 g/mol. The summed E-state index contributed by atoms with van der Waals surface area (Å²) < 4.78 is 0. The van der Waals surface area contributed by atoms with Crippen LogP contribution < -0.4 is 16.4 Å². The number of carbonyl (C=O) groups excluding carboxylic acids is 2. The molecule has 0 unspecified atom stereocenters. The number of carbonyl (C=O) groups is 2. The highest BCUT2D eigenvalue weighted by Crippen LogP contribution is 2.24. The van der Waals surface area contributed by atoms with E-state index in [2.05, 4.69) is 28.8 Å². The Bertz CT molecular complexity index is 664. The summed E-state index contributed by atoms with van der Waals surface area (Å²) in [6.07, 6.45) is 0. The molecule has 0 heterocycles. The molecule has 0 bridgehead atoms. The lowest BCUT2D eigenvalue weighted by Gasteiger charge is -2.20. The maximum absolute atomic E-state index is 11.7. The predicted octanol–water partition coefficient (Wildman–Crippen LogP) is 2.07. The highest BCUT2D eigenvalue weighted by molar-refractivity contribution is 5.96. The number of nitrogens with one attached hydrogen (secondary N) is 2. The van der Waals surface area contributed by atoms with E-state index < -0.39 is 18.0 Å². The lowest BCUT2D eigenvalue weighted by atomic mass is 9.99. The van der Waals surface area contributed by atoms with Gasteiger partial charge in [0.15, 0.2) is 0 Å². The summed E-state index contributed by atoms with van der Waals surface area (Å²) in [6, 6.07) is 12.8. The zero-order valence-corrected chi connectivity index (χ0v) is 12.1. The molecule has 0 aliphatic rings. The molecule has 0 radical (unpaired) electrons. The first-order valence-corrected chi connectivity index (χ1v) is 6.83. The largest absolute Gasteiger partial charge is 0.351 e. The Labute approximate surface area is 123 Å². The molecule has 0 spiro atoms. The maximum atomic E-state index is 11.7. The Morgan fingerprint density at radius 1 is 1.05 bits per heavy atom. The molecule has 110 valence electrons. The molecule has 0 saturated heterocycles. The molecule has 2 aromatic rings. The van der Waals surface area contributed by atoms with Crippen LogP contribution in [-0.4, -0.2) is 18.0 Å². The van der Waals surface area contributed by atoms with E-state index in [-0.39, 0.29) is 6.04 Å². The fraction of sp³-hybridized carbons (Fsp3) is 0.250. The zero-order valence-electron chi connectivity index (χ0n) is 12.1. The van der Waals surface area contributed by atoms with Gasteiger partial charge in [-0.05, 0) is 30.2 Å². The first-order valence-electron chi connectivity index (χ1n) is 6.83. The molecule has 0 fully saturated rings. The first-order chi connectivity index (χ1) is 9.99. The smallest absolute Gasteiger partial charge is 0.318 e. The third kappa shape index (κ3) is 3.58. The number of nitrogens with two attached hydrogens (primary N) is 1. The number of imide groups is 1. The summed E-state index contributed by atoms with van der Waals surface area (Å²) in [7, 11) is 0. The standard InChI is InChI=1S/C16H19N3O2/c1-10(18-11(2)15(20)19-16(17)21)13-9-5-7-12-6-3-4-8-14(12)13/h3-11,18H,1-2H3,(H3,17,19,20,21)/t10-,11-/m1/s1. The van der Waals surface area contributed by atoms with Crippen LogP contribution in [0.5, 0.6) is 0 Å². The van der Waals surface area contributed by atoms with Crippen molar-refractivity contribution >= 4 is 22.7 Å². The van der Waals surface area contributed by atoms with Gasteiger partial charge in [-0.2, -0.15) is 0 Å². The topological polar surface area (TPSA) is 84.2 Å². The van der Waals surface area contributed by atoms with Crippen molar-refractivity contribution in [1.82, 2.24) is 10.6 Å². The summed E-state index contributed by atoms with van der Waals surface area (Å²) in [5, 5.41) is 7.54. The van der Waals surface area contributed by atoms with Crippen LogP contribution in [0, 0.1) is 0 Å². The summed E-state index contributed by atoms with van der Waals surface area (Å²) in [4.78, 5) is 22.4. The molecule has 2 rings (SSSR count). The van der Waals surface area contributed by atoms with Gasteiger partial charge in [-0.1, -0.05) is 42.5 Å². The summed E-state index contributed by atoms with van der Waals surface area (Å²) in [5.41, 5.74) is 6.05. The van der Waals surface area contributed by atoms with Crippen LogP contribution in [0.1, 0.15) is 25.5 Å². The molecule has 0 aromatic heterocycles. The highest BCUT2D eigenvalue weighted by Gasteiger charge is 2.18. The van der Waals surface area contributed by atoms with E-state index >= 15 is 0 Å². The van der Waals surface area contributed by atoms with E-state index in [0.717, 1.165) is 16.3 Å². The Morgan fingerprint density at radius 3 is 2.43 bits per heavy atom. The molecule has 0 aliphatic carbocycles. The van der Waals surface area contributed by atoms with E-state index in [1.165, 1.54) is 0 Å². The number of rotatable bonds is 4. The van der Waals surface area contributed by atoms with Crippen LogP contribution in [0.25, 0.3) is 10.8 Å². The van der Waals surface area contributed by atoms with Crippen LogP contribution in [0.2, 0.25) is 0 Å². The number of benzene rings is 2. The second-order valence-electron chi connectivity index (χ2n) is 5.03. The van der Waals surface area contributed by atoms with Crippen molar-refractivity contribution in [2.75, 3.05) is 0 Å². The van der Waals surface area contributed by atoms with Crippen LogP contribution in [0.3, 0.4) is 0 Å². The lowest BCUT2D eigenvalue weighted by molar-refractivity contribution is -0.121. The molecule has 2 aromatic carbocycles. The number of fused-ring (bicyclic) bond motifs is 1. The number of primary amides is 1. The molecule has 4 N–H and O–H groups in total. The Hall–Kier alpha value is -2.40. The van der Waals surface area contributed by atoms with Crippen molar-refractivity contribution in [3.8, 4) is 0 Å². The molecule has 0 saturated carbocycles. The molecule has 5 nitrogen and oxygen atoms in total. The van der Waals surface area contributed by atoms with Gasteiger partial charge >= 0.3 is 6.03 Å². The Morgan fingerprint density at radius 2 is 1.71 bits per heavy atom. The molecule has 2 atom stereocenters. The normalized spacial score (nSPS) is 13.6. The average molecular weight is 285 g/mol.